The van der Waals surface area contributed by atoms with E-state index in [0.29, 0.717) is 6.54 Å². The molecule has 0 saturated carbocycles. The topological polar surface area (TPSA) is 65.2 Å². The van der Waals surface area contributed by atoms with Crippen LogP contribution in [0.15, 0.2) is 28.7 Å². The van der Waals surface area contributed by atoms with Gasteiger partial charge in [0.05, 0.1) is 0 Å². The van der Waals surface area contributed by atoms with Gasteiger partial charge in [-0.3, -0.25) is 0 Å². The summed E-state index contributed by atoms with van der Waals surface area (Å²) in [7, 11) is 0. The standard InChI is InChI=1S/C11H14N2O/c1-7-11(9(13)6-12)8-4-2-3-5-10(8)14-7/h2-5,9H,6,12-13H2,1H3. The fraction of sp³-hybridized carbons (Fsp3) is 0.273. The van der Waals surface area contributed by atoms with E-state index in [9.17, 15) is 0 Å². The minimum Gasteiger partial charge on any atom is -0.461 e. The quantitative estimate of drug-likeness (QED) is 0.757. The van der Waals surface area contributed by atoms with E-state index in [1.807, 2.05) is 31.2 Å². The number of nitrogens with two attached hydrogens (primary N) is 2. The van der Waals surface area contributed by atoms with Gasteiger partial charge < -0.3 is 15.9 Å². The molecule has 3 heteroatoms. The molecule has 0 radical (unpaired) electrons. The van der Waals surface area contributed by atoms with Crippen LogP contribution >= 0.6 is 0 Å². The lowest BCUT2D eigenvalue weighted by atomic mass is 10.0. The summed E-state index contributed by atoms with van der Waals surface area (Å²) in [5, 5.41) is 1.07. The molecule has 1 aromatic heterocycles. The zero-order chi connectivity index (χ0) is 10.1. The van der Waals surface area contributed by atoms with Crippen molar-refractivity contribution in [2.45, 2.75) is 13.0 Å². The molecule has 14 heavy (non-hydrogen) atoms. The molecule has 4 N–H and O–H groups in total. The Kier molecular flexibility index (Phi) is 2.27. The summed E-state index contributed by atoms with van der Waals surface area (Å²) >= 11 is 0. The van der Waals surface area contributed by atoms with Crippen LogP contribution in [-0.4, -0.2) is 6.54 Å². The van der Waals surface area contributed by atoms with Crippen LogP contribution in [0.5, 0.6) is 0 Å². The Balaban J connectivity index is 2.67. The van der Waals surface area contributed by atoms with E-state index in [2.05, 4.69) is 0 Å². The molecule has 0 saturated heterocycles. The van der Waals surface area contributed by atoms with Gasteiger partial charge >= 0.3 is 0 Å². The maximum absolute atomic E-state index is 5.92. The summed E-state index contributed by atoms with van der Waals surface area (Å²) < 4.78 is 5.59. The van der Waals surface area contributed by atoms with Gasteiger partial charge in [0, 0.05) is 23.5 Å². The first-order valence-electron chi connectivity index (χ1n) is 4.67. The lowest BCUT2D eigenvalue weighted by Crippen LogP contribution is -2.21. The van der Waals surface area contributed by atoms with E-state index < -0.39 is 0 Å². The average Bonchev–Trinajstić information content (AvgIpc) is 2.53. The van der Waals surface area contributed by atoms with Crippen molar-refractivity contribution in [3.05, 3.63) is 35.6 Å². The monoisotopic (exact) mass is 190 g/mol. The van der Waals surface area contributed by atoms with Crippen LogP contribution in [0.4, 0.5) is 0 Å². The first-order valence-corrected chi connectivity index (χ1v) is 4.67. The number of benzene rings is 1. The maximum Gasteiger partial charge on any atom is 0.134 e. The molecule has 3 nitrogen and oxygen atoms in total. The first kappa shape index (κ1) is 9.24. The van der Waals surface area contributed by atoms with Gasteiger partial charge in [-0.2, -0.15) is 0 Å². The van der Waals surface area contributed by atoms with E-state index >= 15 is 0 Å². The van der Waals surface area contributed by atoms with Gasteiger partial charge in [0.2, 0.25) is 0 Å². The minimum absolute atomic E-state index is 0.140. The largest absolute Gasteiger partial charge is 0.461 e. The van der Waals surface area contributed by atoms with Gasteiger partial charge in [0.15, 0.2) is 0 Å². The fourth-order valence-electron chi connectivity index (χ4n) is 1.77. The summed E-state index contributed by atoms with van der Waals surface area (Å²) in [5.74, 6) is 0.865. The molecular formula is C11H14N2O. The zero-order valence-electron chi connectivity index (χ0n) is 8.16. The van der Waals surface area contributed by atoms with Crippen LogP contribution in [0.25, 0.3) is 11.0 Å². The Labute approximate surface area is 82.7 Å². The van der Waals surface area contributed by atoms with Crippen molar-refractivity contribution >= 4 is 11.0 Å². The fourth-order valence-corrected chi connectivity index (χ4v) is 1.77. The van der Waals surface area contributed by atoms with E-state index in [4.69, 9.17) is 15.9 Å². The van der Waals surface area contributed by atoms with Crippen molar-refractivity contribution in [3.8, 4) is 0 Å². The van der Waals surface area contributed by atoms with Crippen molar-refractivity contribution in [1.29, 1.82) is 0 Å². The molecular weight excluding hydrogens is 176 g/mol. The molecule has 2 aromatic rings. The Hall–Kier alpha value is -1.32. The van der Waals surface area contributed by atoms with Crippen molar-refractivity contribution < 1.29 is 4.42 Å². The van der Waals surface area contributed by atoms with Crippen LogP contribution < -0.4 is 11.5 Å². The molecule has 0 bridgehead atoms. The summed E-state index contributed by atoms with van der Waals surface area (Å²) in [6.07, 6.45) is 0. The molecule has 0 spiro atoms. The molecule has 0 aliphatic rings. The Bertz CT molecular complexity index is 447. The molecule has 0 amide bonds. The molecule has 1 heterocycles. The van der Waals surface area contributed by atoms with Crippen molar-refractivity contribution in [2.75, 3.05) is 6.54 Å². The molecule has 0 aliphatic heterocycles. The van der Waals surface area contributed by atoms with Gasteiger partial charge in [0.25, 0.3) is 0 Å². The van der Waals surface area contributed by atoms with Crippen molar-refractivity contribution in [3.63, 3.8) is 0 Å². The van der Waals surface area contributed by atoms with Crippen LogP contribution in [0, 0.1) is 6.92 Å². The lowest BCUT2D eigenvalue weighted by molar-refractivity contribution is 0.563. The Morgan fingerprint density at radius 2 is 2.07 bits per heavy atom. The van der Waals surface area contributed by atoms with E-state index in [-0.39, 0.29) is 6.04 Å². The van der Waals surface area contributed by atoms with Crippen molar-refractivity contribution in [1.82, 2.24) is 0 Å². The molecule has 1 atom stereocenters. The highest BCUT2D eigenvalue weighted by Gasteiger charge is 2.15. The maximum atomic E-state index is 5.92. The average molecular weight is 190 g/mol. The zero-order valence-corrected chi connectivity index (χ0v) is 8.16. The van der Waals surface area contributed by atoms with E-state index in [1.165, 1.54) is 0 Å². The molecule has 0 fully saturated rings. The third kappa shape index (κ3) is 1.31. The van der Waals surface area contributed by atoms with Crippen LogP contribution in [0.2, 0.25) is 0 Å². The molecule has 1 unspecified atom stereocenters. The van der Waals surface area contributed by atoms with Gasteiger partial charge in [-0.25, -0.2) is 0 Å². The third-order valence-electron chi connectivity index (χ3n) is 2.44. The number of aryl methyl sites for hydroxylation is 1. The van der Waals surface area contributed by atoms with Gasteiger partial charge in [-0.1, -0.05) is 18.2 Å². The van der Waals surface area contributed by atoms with Crippen molar-refractivity contribution in [2.24, 2.45) is 11.5 Å². The summed E-state index contributed by atoms with van der Waals surface area (Å²) in [6, 6.07) is 7.73. The second-order valence-corrected chi connectivity index (χ2v) is 3.41. The van der Waals surface area contributed by atoms with E-state index in [0.717, 1.165) is 22.3 Å². The number of para-hydroxylation sites is 1. The van der Waals surface area contributed by atoms with Crippen LogP contribution in [0.1, 0.15) is 17.4 Å². The smallest absolute Gasteiger partial charge is 0.134 e. The minimum atomic E-state index is -0.140. The second-order valence-electron chi connectivity index (χ2n) is 3.41. The summed E-state index contributed by atoms with van der Waals surface area (Å²) in [4.78, 5) is 0. The highest BCUT2D eigenvalue weighted by atomic mass is 16.3. The number of furan rings is 1. The second kappa shape index (κ2) is 3.44. The predicted octanol–water partition coefficient (Wildman–Crippen LogP) is 1.70. The lowest BCUT2D eigenvalue weighted by Gasteiger charge is -2.07. The Morgan fingerprint density at radius 1 is 1.36 bits per heavy atom. The van der Waals surface area contributed by atoms with Crippen LogP contribution in [0.3, 0.4) is 0 Å². The number of hydrogen-bond acceptors (Lipinski definition) is 3. The number of hydrogen-bond donors (Lipinski definition) is 2. The van der Waals surface area contributed by atoms with E-state index in [1.54, 1.807) is 0 Å². The molecule has 1 aromatic carbocycles. The number of rotatable bonds is 2. The predicted molar refractivity (Wildman–Crippen MR) is 56.9 cm³/mol. The number of fused-ring (bicyclic) bond motifs is 1. The summed E-state index contributed by atoms with van der Waals surface area (Å²) in [5.41, 5.74) is 13.4. The van der Waals surface area contributed by atoms with Gasteiger partial charge in [-0.15, -0.1) is 0 Å². The molecule has 2 rings (SSSR count). The third-order valence-corrected chi connectivity index (χ3v) is 2.44. The Morgan fingerprint density at radius 3 is 2.79 bits per heavy atom. The van der Waals surface area contributed by atoms with Gasteiger partial charge in [-0.05, 0) is 13.0 Å². The highest BCUT2D eigenvalue weighted by molar-refractivity contribution is 5.82. The SMILES string of the molecule is Cc1oc2ccccc2c1C(N)CN. The molecule has 0 aliphatic carbocycles. The normalized spacial score (nSPS) is 13.4. The first-order chi connectivity index (χ1) is 6.74. The highest BCUT2D eigenvalue weighted by Crippen LogP contribution is 2.28. The van der Waals surface area contributed by atoms with Gasteiger partial charge in [0.1, 0.15) is 11.3 Å². The molecule has 74 valence electrons. The van der Waals surface area contributed by atoms with Crippen LogP contribution in [-0.2, 0) is 0 Å². The summed E-state index contributed by atoms with van der Waals surface area (Å²) in [6.45, 7) is 2.36.